The number of benzene rings is 1. The highest BCUT2D eigenvalue weighted by molar-refractivity contribution is 5.77. The predicted octanol–water partition coefficient (Wildman–Crippen LogP) is 2.03. The van der Waals surface area contributed by atoms with Crippen molar-refractivity contribution in [3.63, 3.8) is 0 Å². The number of methoxy groups -OCH3 is 1. The number of hydrogen-bond acceptors (Lipinski definition) is 3. The fourth-order valence-corrected chi connectivity index (χ4v) is 3.99. The van der Waals surface area contributed by atoms with Crippen molar-refractivity contribution in [2.75, 3.05) is 7.11 Å². The van der Waals surface area contributed by atoms with E-state index < -0.39 is 0 Å². The molecule has 2 heterocycles. The molecule has 17 heavy (non-hydrogen) atoms. The van der Waals surface area contributed by atoms with Crippen LogP contribution in [0.25, 0.3) is 0 Å². The van der Waals surface area contributed by atoms with Gasteiger partial charge >= 0.3 is 5.97 Å². The second-order valence-electron chi connectivity index (χ2n) is 5.40. The number of esters is 1. The molecule has 1 saturated carbocycles. The average Bonchev–Trinajstić information content (AvgIpc) is 2.86. The summed E-state index contributed by atoms with van der Waals surface area (Å²) >= 11 is 0. The minimum atomic E-state index is -0.127. The first kappa shape index (κ1) is 9.66. The van der Waals surface area contributed by atoms with Crippen LogP contribution in [0.3, 0.4) is 0 Å². The van der Waals surface area contributed by atoms with Crippen molar-refractivity contribution in [2.45, 2.75) is 24.5 Å². The van der Waals surface area contributed by atoms with Gasteiger partial charge in [-0.1, -0.05) is 24.3 Å². The van der Waals surface area contributed by atoms with Crippen LogP contribution in [0.2, 0.25) is 0 Å². The number of carbonyl (C=O) groups excluding carboxylic acids is 1. The quantitative estimate of drug-likeness (QED) is 0.692. The van der Waals surface area contributed by atoms with Gasteiger partial charge in [-0.15, -0.1) is 0 Å². The normalized spacial score (nSPS) is 44.1. The minimum absolute atomic E-state index is 0.0985. The van der Waals surface area contributed by atoms with Crippen LogP contribution in [-0.4, -0.2) is 18.7 Å². The summed E-state index contributed by atoms with van der Waals surface area (Å²) in [5, 5.41) is 0. The van der Waals surface area contributed by atoms with E-state index in [2.05, 4.69) is 25.1 Å². The summed E-state index contributed by atoms with van der Waals surface area (Å²) in [6.45, 7) is 2.12. The van der Waals surface area contributed by atoms with E-state index in [0.29, 0.717) is 11.8 Å². The lowest BCUT2D eigenvalue weighted by Crippen LogP contribution is -2.29. The van der Waals surface area contributed by atoms with E-state index in [0.717, 1.165) is 0 Å². The van der Waals surface area contributed by atoms with Crippen LogP contribution in [0.4, 0.5) is 0 Å². The third-order valence-electron chi connectivity index (χ3n) is 4.73. The Morgan fingerprint density at radius 1 is 1.35 bits per heavy atom. The highest BCUT2D eigenvalue weighted by Crippen LogP contribution is 2.76. The lowest BCUT2D eigenvalue weighted by Gasteiger charge is -2.32. The molecular formula is C14H14O3. The van der Waals surface area contributed by atoms with Crippen LogP contribution in [0.5, 0.6) is 0 Å². The van der Waals surface area contributed by atoms with Gasteiger partial charge in [0.05, 0.1) is 24.7 Å². The first-order valence-corrected chi connectivity index (χ1v) is 6.03. The molecule has 0 radical (unpaired) electrons. The van der Waals surface area contributed by atoms with Crippen molar-refractivity contribution in [3.05, 3.63) is 35.4 Å². The Labute approximate surface area is 99.7 Å². The highest BCUT2D eigenvalue weighted by Gasteiger charge is 2.78. The van der Waals surface area contributed by atoms with Gasteiger partial charge in [-0.3, -0.25) is 4.79 Å². The maximum absolute atomic E-state index is 11.9. The molecule has 88 valence electrons. The second-order valence-corrected chi connectivity index (χ2v) is 5.40. The molecule has 1 unspecified atom stereocenters. The van der Waals surface area contributed by atoms with E-state index in [1.165, 1.54) is 18.2 Å². The lowest BCUT2D eigenvalue weighted by molar-refractivity contribution is -0.150. The third-order valence-corrected chi connectivity index (χ3v) is 4.73. The molecule has 1 aromatic rings. The number of carbonyl (C=O) groups is 1. The first-order chi connectivity index (χ1) is 8.18. The maximum Gasteiger partial charge on any atom is 0.312 e. The highest BCUT2D eigenvalue weighted by atomic mass is 16.5. The number of hydrogen-bond donors (Lipinski definition) is 0. The van der Waals surface area contributed by atoms with Gasteiger partial charge < -0.3 is 9.47 Å². The molecule has 2 fully saturated rings. The van der Waals surface area contributed by atoms with Crippen LogP contribution in [0, 0.1) is 11.8 Å². The summed E-state index contributed by atoms with van der Waals surface area (Å²) in [6.07, 6.45) is -0.0985. The first-order valence-electron chi connectivity index (χ1n) is 6.03. The van der Waals surface area contributed by atoms with Crippen molar-refractivity contribution in [3.8, 4) is 0 Å². The van der Waals surface area contributed by atoms with Gasteiger partial charge in [-0.2, -0.15) is 0 Å². The lowest BCUT2D eigenvalue weighted by atomic mass is 9.81. The van der Waals surface area contributed by atoms with Crippen molar-refractivity contribution >= 4 is 5.97 Å². The number of ether oxygens (including phenoxy) is 2. The summed E-state index contributed by atoms with van der Waals surface area (Å²) in [5.41, 5.74) is 2.42. The Balaban J connectivity index is 1.87. The summed E-state index contributed by atoms with van der Waals surface area (Å²) in [4.78, 5) is 11.9. The van der Waals surface area contributed by atoms with Crippen molar-refractivity contribution in [2.24, 2.45) is 11.8 Å². The molecule has 3 heteroatoms. The Hall–Kier alpha value is -1.35. The van der Waals surface area contributed by atoms with Gasteiger partial charge in [-0.25, -0.2) is 0 Å². The van der Waals surface area contributed by atoms with Gasteiger partial charge in [0.2, 0.25) is 0 Å². The molecule has 4 aliphatic rings. The standard InChI is InChI=1S/C14H14O3/c1-14-10-7-5-3-4-6-8(7)12(17-14)9(11(10)14)13(15)16-2/h3-6,9-12H,1-2H3/t9?,10-,11+,12+,14-/m1/s1. The van der Waals surface area contributed by atoms with E-state index in [4.69, 9.17) is 9.47 Å². The molecule has 2 aliphatic heterocycles. The van der Waals surface area contributed by atoms with Crippen LogP contribution in [-0.2, 0) is 14.3 Å². The van der Waals surface area contributed by atoms with Crippen molar-refractivity contribution < 1.29 is 14.3 Å². The topological polar surface area (TPSA) is 35.5 Å². The molecule has 4 bridgehead atoms. The smallest absolute Gasteiger partial charge is 0.312 e. The maximum atomic E-state index is 11.9. The SMILES string of the molecule is COC(=O)C1[C@H]2O[C@]3(C)[C@H](c4ccccc42)[C@H]13. The Kier molecular flexibility index (Phi) is 1.55. The summed E-state index contributed by atoms with van der Waals surface area (Å²) < 4.78 is 11.0. The van der Waals surface area contributed by atoms with Gasteiger partial charge in [0, 0.05) is 11.8 Å². The van der Waals surface area contributed by atoms with Gasteiger partial charge in [0.15, 0.2) is 0 Å². The van der Waals surface area contributed by atoms with Gasteiger partial charge in [-0.05, 0) is 18.1 Å². The molecule has 2 aliphatic carbocycles. The molecule has 1 aromatic carbocycles. The van der Waals surface area contributed by atoms with Crippen LogP contribution < -0.4 is 0 Å². The molecule has 0 spiro atoms. The fraction of sp³-hybridized carbons (Fsp3) is 0.500. The van der Waals surface area contributed by atoms with Crippen LogP contribution in [0.15, 0.2) is 24.3 Å². The Bertz CT molecular complexity index is 524. The molecule has 5 rings (SSSR count). The van der Waals surface area contributed by atoms with Crippen molar-refractivity contribution in [1.82, 2.24) is 0 Å². The zero-order valence-corrected chi connectivity index (χ0v) is 9.84. The van der Waals surface area contributed by atoms with E-state index >= 15 is 0 Å². The molecule has 0 amide bonds. The summed E-state index contributed by atoms with van der Waals surface area (Å²) in [6, 6.07) is 8.32. The van der Waals surface area contributed by atoms with Gasteiger partial charge in [0.25, 0.3) is 0 Å². The molecule has 0 aromatic heterocycles. The molecule has 3 nitrogen and oxygen atoms in total. The van der Waals surface area contributed by atoms with E-state index in [1.807, 2.05) is 6.07 Å². The van der Waals surface area contributed by atoms with Crippen molar-refractivity contribution in [1.29, 1.82) is 0 Å². The van der Waals surface area contributed by atoms with Crippen LogP contribution >= 0.6 is 0 Å². The number of rotatable bonds is 1. The Morgan fingerprint density at radius 2 is 2.06 bits per heavy atom. The van der Waals surface area contributed by atoms with Crippen LogP contribution in [0.1, 0.15) is 30.1 Å². The average molecular weight is 230 g/mol. The largest absolute Gasteiger partial charge is 0.469 e. The Morgan fingerprint density at radius 3 is 2.76 bits per heavy atom. The molecular weight excluding hydrogens is 216 g/mol. The predicted molar refractivity (Wildman–Crippen MR) is 60.4 cm³/mol. The molecule has 1 saturated heterocycles. The third kappa shape index (κ3) is 0.914. The second kappa shape index (κ2) is 2.72. The summed E-state index contributed by atoms with van der Waals surface area (Å²) in [5.74, 6) is 0.466. The molecule has 5 atom stereocenters. The summed E-state index contributed by atoms with van der Waals surface area (Å²) in [7, 11) is 1.46. The minimum Gasteiger partial charge on any atom is -0.469 e. The zero-order valence-electron chi connectivity index (χ0n) is 9.84. The molecule has 0 N–H and O–H groups in total. The zero-order chi connectivity index (χ0) is 11.8. The van der Waals surface area contributed by atoms with E-state index in [-0.39, 0.29) is 23.6 Å². The monoisotopic (exact) mass is 230 g/mol. The van der Waals surface area contributed by atoms with E-state index in [9.17, 15) is 4.79 Å². The van der Waals surface area contributed by atoms with E-state index in [1.54, 1.807) is 0 Å². The van der Waals surface area contributed by atoms with Gasteiger partial charge in [0.1, 0.15) is 0 Å². The fourth-order valence-electron chi connectivity index (χ4n) is 3.99.